The van der Waals surface area contributed by atoms with Crippen LogP contribution in [0.1, 0.15) is 47.0 Å². The van der Waals surface area contributed by atoms with Crippen LogP contribution in [0.2, 0.25) is 0 Å². The van der Waals surface area contributed by atoms with Crippen molar-refractivity contribution in [2.45, 2.75) is 52.6 Å². The largest absolute Gasteiger partial charge is 0.466 e. The monoisotopic (exact) mass is 322 g/mol. The highest BCUT2D eigenvalue weighted by atomic mass is 16.6. The Kier molecular flexibility index (Phi) is 7.00. The van der Waals surface area contributed by atoms with E-state index in [2.05, 4.69) is 0 Å². The number of esters is 1. The summed E-state index contributed by atoms with van der Waals surface area (Å²) < 4.78 is 10.1. The standard InChI is InChI=1S/C17H26N2O4/c1-5-22-15(20)11-14(18)9-8-13-7-6-10-19(12-13)16(21)23-17(2,3)4/h8-9,12,18H,5-7,10-11H2,1-4H3/b9-8-,18-14?. The van der Waals surface area contributed by atoms with Crippen LogP contribution in [0.5, 0.6) is 0 Å². The molecule has 1 amide bonds. The van der Waals surface area contributed by atoms with Crippen LogP contribution in [0, 0.1) is 5.41 Å². The second kappa shape index (κ2) is 8.50. The van der Waals surface area contributed by atoms with E-state index in [0.29, 0.717) is 13.2 Å². The van der Waals surface area contributed by atoms with Gasteiger partial charge in [-0.3, -0.25) is 9.69 Å². The van der Waals surface area contributed by atoms with Crippen LogP contribution in [0.25, 0.3) is 0 Å². The molecule has 0 saturated carbocycles. The quantitative estimate of drug-likeness (QED) is 0.621. The molecule has 1 N–H and O–H groups in total. The number of hydrogen-bond acceptors (Lipinski definition) is 5. The molecule has 1 aliphatic rings. The summed E-state index contributed by atoms with van der Waals surface area (Å²) in [5.41, 5.74) is 0.578. The first kappa shape index (κ1) is 18.9. The van der Waals surface area contributed by atoms with Crippen molar-refractivity contribution in [1.29, 1.82) is 5.41 Å². The number of nitrogens with one attached hydrogen (secondary N) is 1. The number of amides is 1. The van der Waals surface area contributed by atoms with Gasteiger partial charge < -0.3 is 14.9 Å². The predicted octanol–water partition coefficient (Wildman–Crippen LogP) is 3.43. The first-order valence-electron chi connectivity index (χ1n) is 7.82. The Morgan fingerprint density at radius 3 is 2.70 bits per heavy atom. The van der Waals surface area contributed by atoms with Gasteiger partial charge in [-0.2, -0.15) is 0 Å². The number of ether oxygens (including phenoxy) is 2. The Hall–Kier alpha value is -2.11. The molecule has 0 bridgehead atoms. The molecule has 6 nitrogen and oxygen atoms in total. The highest BCUT2D eigenvalue weighted by molar-refractivity contribution is 6.03. The lowest BCUT2D eigenvalue weighted by Gasteiger charge is -2.28. The number of hydrogen-bond donors (Lipinski definition) is 1. The smallest absolute Gasteiger partial charge is 0.414 e. The molecule has 128 valence electrons. The molecule has 0 aromatic heterocycles. The molecule has 0 saturated heterocycles. The van der Waals surface area contributed by atoms with E-state index in [1.54, 1.807) is 30.2 Å². The van der Waals surface area contributed by atoms with Gasteiger partial charge in [-0.1, -0.05) is 6.08 Å². The number of carbonyl (C=O) groups is 2. The van der Waals surface area contributed by atoms with Gasteiger partial charge in [-0.15, -0.1) is 0 Å². The number of rotatable bonds is 5. The fourth-order valence-corrected chi connectivity index (χ4v) is 2.01. The third kappa shape index (κ3) is 7.63. The Balaban J connectivity index is 2.62. The van der Waals surface area contributed by atoms with E-state index in [-0.39, 0.29) is 18.2 Å². The molecular formula is C17H26N2O4. The molecule has 0 fully saturated rings. The molecule has 0 radical (unpaired) electrons. The number of nitrogens with zero attached hydrogens (tertiary/aromatic N) is 1. The lowest BCUT2D eigenvalue weighted by molar-refractivity contribution is -0.141. The summed E-state index contributed by atoms with van der Waals surface area (Å²) in [7, 11) is 0. The highest BCUT2D eigenvalue weighted by Crippen LogP contribution is 2.19. The zero-order valence-electron chi connectivity index (χ0n) is 14.3. The normalized spacial score (nSPS) is 15.3. The summed E-state index contributed by atoms with van der Waals surface area (Å²) in [6.45, 7) is 8.15. The van der Waals surface area contributed by atoms with E-state index < -0.39 is 11.6 Å². The molecule has 0 atom stereocenters. The van der Waals surface area contributed by atoms with Crippen LogP contribution < -0.4 is 0 Å². The molecule has 23 heavy (non-hydrogen) atoms. The minimum absolute atomic E-state index is 0.0482. The number of allylic oxidation sites excluding steroid dienone is 3. The maximum absolute atomic E-state index is 12.0. The molecule has 1 rings (SSSR count). The van der Waals surface area contributed by atoms with Crippen molar-refractivity contribution in [3.05, 3.63) is 23.9 Å². The summed E-state index contributed by atoms with van der Waals surface area (Å²) >= 11 is 0. The summed E-state index contributed by atoms with van der Waals surface area (Å²) in [4.78, 5) is 24.9. The molecule has 0 aromatic carbocycles. The van der Waals surface area contributed by atoms with Crippen molar-refractivity contribution in [3.63, 3.8) is 0 Å². The van der Waals surface area contributed by atoms with E-state index in [4.69, 9.17) is 14.9 Å². The fraction of sp³-hybridized carbons (Fsp3) is 0.588. The predicted molar refractivity (Wildman–Crippen MR) is 88.4 cm³/mol. The number of carbonyl (C=O) groups excluding carboxylic acids is 2. The summed E-state index contributed by atoms with van der Waals surface area (Å²) in [6.07, 6.45) is 6.31. The second-order valence-corrected chi connectivity index (χ2v) is 6.32. The van der Waals surface area contributed by atoms with Crippen molar-refractivity contribution in [1.82, 2.24) is 4.90 Å². The minimum Gasteiger partial charge on any atom is -0.466 e. The van der Waals surface area contributed by atoms with Gasteiger partial charge in [0.2, 0.25) is 0 Å². The van der Waals surface area contributed by atoms with Crippen molar-refractivity contribution in [2.75, 3.05) is 13.2 Å². The van der Waals surface area contributed by atoms with Crippen molar-refractivity contribution in [2.24, 2.45) is 0 Å². The highest BCUT2D eigenvalue weighted by Gasteiger charge is 2.22. The molecule has 0 aromatic rings. The molecule has 6 heteroatoms. The maximum Gasteiger partial charge on any atom is 0.414 e. The summed E-state index contributed by atoms with van der Waals surface area (Å²) in [5, 5.41) is 7.75. The third-order valence-electron chi connectivity index (χ3n) is 2.95. The van der Waals surface area contributed by atoms with Gasteiger partial charge in [0, 0.05) is 18.5 Å². The van der Waals surface area contributed by atoms with Gasteiger partial charge in [0.25, 0.3) is 0 Å². The van der Waals surface area contributed by atoms with Gasteiger partial charge in [0.1, 0.15) is 5.60 Å². The van der Waals surface area contributed by atoms with Gasteiger partial charge in [-0.25, -0.2) is 4.79 Å². The van der Waals surface area contributed by atoms with E-state index in [1.807, 2.05) is 20.8 Å². The van der Waals surface area contributed by atoms with Crippen molar-refractivity contribution in [3.8, 4) is 0 Å². The minimum atomic E-state index is -0.528. The van der Waals surface area contributed by atoms with Crippen molar-refractivity contribution >= 4 is 17.8 Å². The fourth-order valence-electron chi connectivity index (χ4n) is 2.01. The van der Waals surface area contributed by atoms with E-state index in [9.17, 15) is 9.59 Å². The molecule has 0 spiro atoms. The van der Waals surface area contributed by atoms with Crippen molar-refractivity contribution < 1.29 is 19.1 Å². The third-order valence-corrected chi connectivity index (χ3v) is 2.95. The molecule has 0 aliphatic carbocycles. The Bertz CT molecular complexity index is 515. The summed E-state index contributed by atoms with van der Waals surface area (Å²) in [5.74, 6) is -0.407. The van der Waals surface area contributed by atoms with Crippen LogP contribution in [-0.2, 0) is 14.3 Å². The molecule has 1 heterocycles. The van der Waals surface area contributed by atoms with Crippen LogP contribution in [0.3, 0.4) is 0 Å². The van der Waals surface area contributed by atoms with E-state index >= 15 is 0 Å². The van der Waals surface area contributed by atoms with Crippen LogP contribution >= 0.6 is 0 Å². The van der Waals surface area contributed by atoms with Crippen LogP contribution in [-0.4, -0.2) is 41.4 Å². The summed E-state index contributed by atoms with van der Waals surface area (Å²) in [6, 6.07) is 0. The van der Waals surface area contributed by atoms with Gasteiger partial charge in [0.05, 0.1) is 13.0 Å². The SMILES string of the molecule is CCOC(=O)CC(=N)/C=C\C1=CN(C(=O)OC(C)(C)C)CCC1. The molecular weight excluding hydrogens is 296 g/mol. The first-order valence-corrected chi connectivity index (χ1v) is 7.82. The lowest BCUT2D eigenvalue weighted by Crippen LogP contribution is -2.35. The lowest BCUT2D eigenvalue weighted by atomic mass is 10.1. The average Bonchev–Trinajstić information content (AvgIpc) is 2.44. The topological polar surface area (TPSA) is 79.7 Å². The Labute approximate surface area is 137 Å². The van der Waals surface area contributed by atoms with Gasteiger partial charge in [-0.05, 0) is 52.2 Å². The zero-order chi connectivity index (χ0) is 17.5. The second-order valence-electron chi connectivity index (χ2n) is 6.32. The van der Waals surface area contributed by atoms with E-state index in [0.717, 1.165) is 18.4 Å². The Morgan fingerprint density at radius 1 is 1.39 bits per heavy atom. The van der Waals surface area contributed by atoms with Gasteiger partial charge in [0.15, 0.2) is 0 Å². The van der Waals surface area contributed by atoms with Crippen LogP contribution in [0.15, 0.2) is 23.9 Å². The van der Waals surface area contributed by atoms with E-state index in [1.165, 1.54) is 0 Å². The molecule has 0 unspecified atom stereocenters. The zero-order valence-corrected chi connectivity index (χ0v) is 14.3. The average molecular weight is 322 g/mol. The van der Waals surface area contributed by atoms with Gasteiger partial charge >= 0.3 is 12.1 Å². The first-order chi connectivity index (χ1) is 10.7. The molecule has 1 aliphatic heterocycles. The van der Waals surface area contributed by atoms with Crippen LogP contribution in [0.4, 0.5) is 4.79 Å². The maximum atomic E-state index is 12.0. The Morgan fingerprint density at radius 2 is 2.09 bits per heavy atom.